The summed E-state index contributed by atoms with van der Waals surface area (Å²) in [6.07, 6.45) is 4.09. The van der Waals surface area contributed by atoms with E-state index in [1.165, 1.54) is 0 Å². The molecule has 1 rings (SSSR count). The molecule has 1 unspecified atom stereocenters. The van der Waals surface area contributed by atoms with Gasteiger partial charge in [-0.25, -0.2) is 0 Å². The lowest BCUT2D eigenvalue weighted by molar-refractivity contribution is 0.0483. The number of hydrogen-bond acceptors (Lipinski definition) is 3. The normalized spacial score (nSPS) is 23.8. The van der Waals surface area contributed by atoms with Crippen LogP contribution in [-0.2, 0) is 0 Å². The average Bonchev–Trinajstić information content (AvgIpc) is 2.83. The van der Waals surface area contributed by atoms with Crippen molar-refractivity contribution in [2.45, 2.75) is 37.5 Å². The standard InChI is InChI=1S/C9H19NOS/c1-8(2,6-10)7(11)9(12-3)4-5-9/h7,11H,4-6,10H2,1-3H3. The summed E-state index contributed by atoms with van der Waals surface area (Å²) in [6.45, 7) is 4.62. The van der Waals surface area contributed by atoms with Crippen LogP contribution in [0.15, 0.2) is 0 Å². The Morgan fingerprint density at radius 1 is 1.58 bits per heavy atom. The fourth-order valence-electron chi connectivity index (χ4n) is 1.54. The monoisotopic (exact) mass is 189 g/mol. The van der Waals surface area contributed by atoms with Crippen molar-refractivity contribution in [3.8, 4) is 0 Å². The number of aliphatic hydroxyl groups is 1. The minimum Gasteiger partial charge on any atom is -0.391 e. The summed E-state index contributed by atoms with van der Waals surface area (Å²) in [5.74, 6) is 0. The number of aliphatic hydroxyl groups excluding tert-OH is 1. The minimum atomic E-state index is -0.259. The lowest BCUT2D eigenvalue weighted by atomic mass is 9.84. The highest BCUT2D eigenvalue weighted by Crippen LogP contribution is 2.53. The van der Waals surface area contributed by atoms with Crippen molar-refractivity contribution in [1.82, 2.24) is 0 Å². The molecule has 0 spiro atoms. The van der Waals surface area contributed by atoms with Gasteiger partial charge < -0.3 is 10.8 Å². The maximum absolute atomic E-state index is 10.1. The molecule has 1 saturated carbocycles. The fourth-order valence-corrected chi connectivity index (χ4v) is 2.59. The molecule has 0 aromatic heterocycles. The summed E-state index contributed by atoms with van der Waals surface area (Å²) in [7, 11) is 0. The van der Waals surface area contributed by atoms with Gasteiger partial charge in [-0.2, -0.15) is 11.8 Å². The Morgan fingerprint density at radius 2 is 2.08 bits per heavy atom. The van der Waals surface area contributed by atoms with Crippen molar-refractivity contribution >= 4 is 11.8 Å². The first-order chi connectivity index (χ1) is 5.48. The molecular formula is C9H19NOS. The predicted octanol–water partition coefficient (Wildman–Crippen LogP) is 1.23. The van der Waals surface area contributed by atoms with Gasteiger partial charge in [-0.3, -0.25) is 0 Å². The first-order valence-electron chi connectivity index (χ1n) is 4.42. The number of nitrogens with two attached hydrogens (primary N) is 1. The molecule has 72 valence electrons. The van der Waals surface area contributed by atoms with Crippen LogP contribution in [0.4, 0.5) is 0 Å². The molecule has 0 bridgehead atoms. The van der Waals surface area contributed by atoms with E-state index >= 15 is 0 Å². The highest BCUT2D eigenvalue weighted by molar-refractivity contribution is 8.00. The van der Waals surface area contributed by atoms with Crippen molar-refractivity contribution in [1.29, 1.82) is 0 Å². The molecule has 0 aromatic carbocycles. The van der Waals surface area contributed by atoms with Gasteiger partial charge in [0.1, 0.15) is 0 Å². The summed E-state index contributed by atoms with van der Waals surface area (Å²) in [6, 6.07) is 0. The van der Waals surface area contributed by atoms with Gasteiger partial charge in [0, 0.05) is 10.2 Å². The summed E-state index contributed by atoms with van der Waals surface area (Å²) in [5, 5.41) is 10.1. The number of thioether (sulfide) groups is 1. The Hall–Kier alpha value is 0.270. The van der Waals surface area contributed by atoms with Crippen LogP contribution in [0.3, 0.4) is 0 Å². The van der Waals surface area contributed by atoms with Gasteiger partial charge in [-0.15, -0.1) is 0 Å². The third kappa shape index (κ3) is 1.63. The van der Waals surface area contributed by atoms with Crippen molar-refractivity contribution in [2.75, 3.05) is 12.8 Å². The smallest absolute Gasteiger partial charge is 0.0749 e. The molecule has 0 radical (unpaired) electrons. The molecule has 1 fully saturated rings. The maximum atomic E-state index is 10.1. The van der Waals surface area contributed by atoms with Crippen LogP contribution in [0.2, 0.25) is 0 Å². The predicted molar refractivity (Wildman–Crippen MR) is 54.3 cm³/mol. The summed E-state index contributed by atoms with van der Waals surface area (Å²) in [4.78, 5) is 0. The van der Waals surface area contributed by atoms with Crippen molar-refractivity contribution in [2.24, 2.45) is 11.1 Å². The van der Waals surface area contributed by atoms with E-state index in [4.69, 9.17) is 5.73 Å². The van der Waals surface area contributed by atoms with Gasteiger partial charge in [0.25, 0.3) is 0 Å². The van der Waals surface area contributed by atoms with Gasteiger partial charge in [0.15, 0.2) is 0 Å². The second kappa shape index (κ2) is 3.20. The Labute approximate surface area is 78.9 Å². The minimum absolute atomic E-state index is 0.128. The van der Waals surface area contributed by atoms with Crippen LogP contribution in [0.5, 0.6) is 0 Å². The molecule has 3 N–H and O–H groups in total. The zero-order valence-corrected chi connectivity index (χ0v) is 8.95. The number of hydrogen-bond donors (Lipinski definition) is 2. The van der Waals surface area contributed by atoms with Crippen LogP contribution in [0.25, 0.3) is 0 Å². The van der Waals surface area contributed by atoms with E-state index < -0.39 is 0 Å². The van der Waals surface area contributed by atoms with E-state index in [0.717, 1.165) is 12.8 Å². The Kier molecular flexibility index (Phi) is 2.76. The van der Waals surface area contributed by atoms with Crippen LogP contribution >= 0.6 is 11.8 Å². The summed E-state index contributed by atoms with van der Waals surface area (Å²) < 4.78 is 0.128. The highest BCUT2D eigenvalue weighted by Gasteiger charge is 2.53. The van der Waals surface area contributed by atoms with Gasteiger partial charge in [-0.1, -0.05) is 13.8 Å². The van der Waals surface area contributed by atoms with E-state index in [9.17, 15) is 5.11 Å². The lowest BCUT2D eigenvalue weighted by Crippen LogP contribution is -2.44. The van der Waals surface area contributed by atoms with E-state index in [-0.39, 0.29) is 16.3 Å². The average molecular weight is 189 g/mol. The Balaban J connectivity index is 2.63. The van der Waals surface area contributed by atoms with Crippen molar-refractivity contribution in [3.05, 3.63) is 0 Å². The van der Waals surface area contributed by atoms with Crippen molar-refractivity contribution in [3.63, 3.8) is 0 Å². The maximum Gasteiger partial charge on any atom is 0.0749 e. The first kappa shape index (κ1) is 10.4. The van der Waals surface area contributed by atoms with Crippen LogP contribution < -0.4 is 5.73 Å². The number of rotatable bonds is 4. The van der Waals surface area contributed by atoms with Gasteiger partial charge in [0.05, 0.1) is 6.10 Å². The third-order valence-electron chi connectivity index (χ3n) is 2.91. The fraction of sp³-hybridized carbons (Fsp3) is 1.00. The topological polar surface area (TPSA) is 46.2 Å². The van der Waals surface area contributed by atoms with Gasteiger partial charge in [0.2, 0.25) is 0 Å². The molecule has 0 heterocycles. The Bertz CT molecular complexity index is 160. The Morgan fingerprint density at radius 3 is 2.33 bits per heavy atom. The zero-order chi connectivity index (χ0) is 9.41. The third-order valence-corrected chi connectivity index (χ3v) is 4.36. The first-order valence-corrected chi connectivity index (χ1v) is 5.64. The second-order valence-electron chi connectivity index (χ2n) is 4.36. The molecular weight excluding hydrogens is 170 g/mol. The van der Waals surface area contributed by atoms with Crippen LogP contribution in [0, 0.1) is 5.41 Å². The SMILES string of the molecule is CSC1(C(O)C(C)(C)CN)CC1. The van der Waals surface area contributed by atoms with Crippen molar-refractivity contribution < 1.29 is 5.11 Å². The molecule has 2 nitrogen and oxygen atoms in total. The molecule has 3 heteroatoms. The highest BCUT2D eigenvalue weighted by atomic mass is 32.2. The van der Waals surface area contributed by atoms with E-state index in [1.807, 2.05) is 13.8 Å². The lowest BCUT2D eigenvalue weighted by Gasteiger charge is -2.34. The molecule has 0 aliphatic heterocycles. The summed E-state index contributed by atoms with van der Waals surface area (Å²) >= 11 is 1.78. The molecule has 0 aromatic rings. The van der Waals surface area contributed by atoms with Crippen LogP contribution in [0.1, 0.15) is 26.7 Å². The van der Waals surface area contributed by atoms with E-state index in [0.29, 0.717) is 6.54 Å². The van der Waals surface area contributed by atoms with E-state index in [1.54, 1.807) is 11.8 Å². The quantitative estimate of drug-likeness (QED) is 0.699. The summed E-state index contributed by atoms with van der Waals surface area (Å²) in [5.41, 5.74) is 5.48. The molecule has 1 atom stereocenters. The second-order valence-corrected chi connectivity index (χ2v) is 5.59. The molecule has 0 amide bonds. The van der Waals surface area contributed by atoms with Gasteiger partial charge >= 0.3 is 0 Å². The van der Waals surface area contributed by atoms with E-state index in [2.05, 4.69) is 6.26 Å². The molecule has 0 saturated heterocycles. The molecule has 12 heavy (non-hydrogen) atoms. The largest absolute Gasteiger partial charge is 0.391 e. The molecule has 1 aliphatic rings. The molecule has 1 aliphatic carbocycles. The van der Waals surface area contributed by atoms with Crippen LogP contribution in [-0.4, -0.2) is 28.8 Å². The van der Waals surface area contributed by atoms with Gasteiger partial charge in [-0.05, 0) is 25.6 Å². The zero-order valence-electron chi connectivity index (χ0n) is 8.13.